The number of carbonyl (C=O) groups is 1. The van der Waals surface area contributed by atoms with Gasteiger partial charge in [-0.15, -0.1) is 0 Å². The van der Waals surface area contributed by atoms with Crippen LogP contribution in [0.4, 0.5) is 17.1 Å². The minimum absolute atomic E-state index is 0.0147. The van der Waals surface area contributed by atoms with Crippen molar-refractivity contribution in [3.63, 3.8) is 0 Å². The zero-order valence-electron chi connectivity index (χ0n) is 14.5. The molecule has 1 amide bonds. The van der Waals surface area contributed by atoms with Gasteiger partial charge in [0.25, 0.3) is 5.91 Å². The van der Waals surface area contributed by atoms with Gasteiger partial charge < -0.3 is 15.7 Å². The van der Waals surface area contributed by atoms with Crippen LogP contribution in [0.25, 0.3) is 10.8 Å². The van der Waals surface area contributed by atoms with E-state index in [2.05, 4.69) is 10.6 Å². The summed E-state index contributed by atoms with van der Waals surface area (Å²) in [6.07, 6.45) is 0. The number of phenolic OH excluding ortho intramolecular Hbond substituents is 1. The first kappa shape index (κ1) is 16.7. The van der Waals surface area contributed by atoms with Crippen molar-refractivity contribution < 1.29 is 9.90 Å². The van der Waals surface area contributed by atoms with E-state index in [-0.39, 0.29) is 17.2 Å². The Balaban J connectivity index is 1.63. The molecular formula is C23H18N2O2. The van der Waals surface area contributed by atoms with E-state index in [0.717, 1.165) is 16.8 Å². The highest BCUT2D eigenvalue weighted by Gasteiger charge is 2.15. The number of phenols is 1. The monoisotopic (exact) mass is 354 g/mol. The number of hydrogen-bond acceptors (Lipinski definition) is 3. The number of nitrogens with one attached hydrogen (secondary N) is 2. The Labute approximate surface area is 157 Å². The van der Waals surface area contributed by atoms with Crippen LogP contribution < -0.4 is 10.6 Å². The van der Waals surface area contributed by atoms with Crippen LogP contribution in [0, 0.1) is 0 Å². The van der Waals surface area contributed by atoms with E-state index in [1.54, 1.807) is 12.1 Å². The Hall–Kier alpha value is -3.79. The molecule has 4 rings (SSSR count). The van der Waals surface area contributed by atoms with Crippen LogP contribution in [0.15, 0.2) is 91.0 Å². The molecule has 4 aromatic carbocycles. The Morgan fingerprint density at radius 2 is 1.37 bits per heavy atom. The zero-order chi connectivity index (χ0) is 18.6. The molecule has 0 radical (unpaired) electrons. The minimum Gasteiger partial charge on any atom is -0.506 e. The van der Waals surface area contributed by atoms with Gasteiger partial charge in [0.15, 0.2) is 0 Å². The van der Waals surface area contributed by atoms with Gasteiger partial charge in [-0.25, -0.2) is 0 Å². The predicted octanol–water partition coefficient (Wildman–Crippen LogP) is 5.54. The number of fused-ring (bicyclic) bond motifs is 1. The van der Waals surface area contributed by atoms with E-state index in [0.29, 0.717) is 11.1 Å². The van der Waals surface area contributed by atoms with Crippen molar-refractivity contribution in [1.29, 1.82) is 0 Å². The highest BCUT2D eigenvalue weighted by Crippen LogP contribution is 2.30. The molecule has 0 bridgehead atoms. The maximum absolute atomic E-state index is 12.8. The molecule has 0 heterocycles. The van der Waals surface area contributed by atoms with E-state index >= 15 is 0 Å². The van der Waals surface area contributed by atoms with Crippen molar-refractivity contribution in [3.8, 4) is 5.75 Å². The van der Waals surface area contributed by atoms with Crippen molar-refractivity contribution in [2.75, 3.05) is 10.6 Å². The van der Waals surface area contributed by atoms with Crippen LogP contribution in [0.2, 0.25) is 0 Å². The quantitative estimate of drug-likeness (QED) is 0.451. The summed E-state index contributed by atoms with van der Waals surface area (Å²) in [6, 6.07) is 28.1. The van der Waals surface area contributed by atoms with E-state index in [1.165, 1.54) is 0 Å². The zero-order valence-corrected chi connectivity index (χ0v) is 14.5. The molecule has 0 unspecified atom stereocenters. The molecule has 0 saturated carbocycles. The number of rotatable bonds is 4. The van der Waals surface area contributed by atoms with Gasteiger partial charge in [-0.05, 0) is 35.7 Å². The lowest BCUT2D eigenvalue weighted by Gasteiger charge is -2.14. The summed E-state index contributed by atoms with van der Waals surface area (Å²) >= 11 is 0. The second kappa shape index (κ2) is 7.22. The number of hydrogen-bond donors (Lipinski definition) is 3. The molecule has 4 aromatic rings. The lowest BCUT2D eigenvalue weighted by Crippen LogP contribution is -2.13. The maximum atomic E-state index is 12.8. The number of anilines is 3. The Morgan fingerprint density at radius 3 is 2.19 bits per heavy atom. The fourth-order valence-electron chi connectivity index (χ4n) is 3.01. The van der Waals surface area contributed by atoms with Crippen LogP contribution >= 0.6 is 0 Å². The summed E-state index contributed by atoms with van der Waals surface area (Å²) in [5.74, 6) is -0.375. The first-order chi connectivity index (χ1) is 13.2. The SMILES string of the molecule is O=C(Nc1ccccc1Nc1ccccc1)c1ccc2ccccc2c1O. The first-order valence-corrected chi connectivity index (χ1v) is 8.65. The van der Waals surface area contributed by atoms with Crippen molar-refractivity contribution >= 4 is 33.7 Å². The molecular weight excluding hydrogens is 336 g/mol. The smallest absolute Gasteiger partial charge is 0.259 e. The summed E-state index contributed by atoms with van der Waals surface area (Å²) in [6.45, 7) is 0. The molecule has 0 atom stereocenters. The van der Waals surface area contributed by atoms with Gasteiger partial charge in [-0.2, -0.15) is 0 Å². The maximum Gasteiger partial charge on any atom is 0.259 e. The molecule has 0 fully saturated rings. The lowest BCUT2D eigenvalue weighted by molar-refractivity contribution is 0.102. The van der Waals surface area contributed by atoms with Crippen molar-refractivity contribution in [1.82, 2.24) is 0 Å². The molecule has 0 aliphatic heterocycles. The third kappa shape index (κ3) is 3.46. The van der Waals surface area contributed by atoms with Gasteiger partial charge in [-0.3, -0.25) is 4.79 Å². The van der Waals surface area contributed by atoms with E-state index in [9.17, 15) is 9.90 Å². The molecule has 0 spiro atoms. The van der Waals surface area contributed by atoms with Gasteiger partial charge in [0.2, 0.25) is 0 Å². The number of benzene rings is 4. The summed E-state index contributed by atoms with van der Waals surface area (Å²) in [7, 11) is 0. The van der Waals surface area contributed by atoms with Crippen LogP contribution in [0.1, 0.15) is 10.4 Å². The second-order valence-corrected chi connectivity index (χ2v) is 6.17. The highest BCUT2D eigenvalue weighted by molar-refractivity contribution is 6.11. The van der Waals surface area contributed by atoms with E-state index < -0.39 is 0 Å². The molecule has 3 N–H and O–H groups in total. The Kier molecular flexibility index (Phi) is 4.45. The number of aromatic hydroxyl groups is 1. The van der Waals surface area contributed by atoms with Crippen LogP contribution in [0.3, 0.4) is 0 Å². The van der Waals surface area contributed by atoms with E-state index in [4.69, 9.17) is 0 Å². The number of para-hydroxylation sites is 3. The third-order valence-electron chi connectivity index (χ3n) is 4.37. The summed E-state index contributed by atoms with van der Waals surface area (Å²) in [4.78, 5) is 12.8. The lowest BCUT2D eigenvalue weighted by atomic mass is 10.0. The number of amides is 1. The van der Waals surface area contributed by atoms with Gasteiger partial charge in [-0.1, -0.05) is 60.7 Å². The van der Waals surface area contributed by atoms with Crippen molar-refractivity contribution in [2.45, 2.75) is 0 Å². The summed E-state index contributed by atoms with van der Waals surface area (Å²) in [5.41, 5.74) is 2.58. The molecule has 0 aliphatic carbocycles. The van der Waals surface area contributed by atoms with Gasteiger partial charge in [0, 0.05) is 11.1 Å². The van der Waals surface area contributed by atoms with Gasteiger partial charge in [0.05, 0.1) is 16.9 Å². The van der Waals surface area contributed by atoms with E-state index in [1.807, 2.05) is 78.9 Å². The standard InChI is InChI=1S/C23H18N2O2/c26-22-18-11-5-4-8-16(18)14-15-19(22)23(27)25-21-13-7-6-12-20(21)24-17-9-2-1-3-10-17/h1-15,24,26H,(H,25,27). The molecule has 0 saturated heterocycles. The molecule has 27 heavy (non-hydrogen) atoms. The average molecular weight is 354 g/mol. The molecule has 0 aromatic heterocycles. The average Bonchev–Trinajstić information content (AvgIpc) is 2.71. The van der Waals surface area contributed by atoms with Crippen molar-refractivity contribution in [3.05, 3.63) is 96.6 Å². The van der Waals surface area contributed by atoms with Crippen molar-refractivity contribution in [2.24, 2.45) is 0 Å². The predicted molar refractivity (Wildman–Crippen MR) is 110 cm³/mol. The Morgan fingerprint density at radius 1 is 0.704 bits per heavy atom. The summed E-state index contributed by atoms with van der Waals surface area (Å²) in [5, 5.41) is 18.3. The van der Waals surface area contributed by atoms with Gasteiger partial charge in [0.1, 0.15) is 5.75 Å². The molecule has 4 nitrogen and oxygen atoms in total. The van der Waals surface area contributed by atoms with Crippen LogP contribution in [0.5, 0.6) is 5.75 Å². The minimum atomic E-state index is -0.361. The normalized spacial score (nSPS) is 10.5. The Bertz CT molecular complexity index is 1110. The first-order valence-electron chi connectivity index (χ1n) is 8.65. The second-order valence-electron chi connectivity index (χ2n) is 6.17. The van der Waals surface area contributed by atoms with Crippen LogP contribution in [-0.4, -0.2) is 11.0 Å². The molecule has 0 aliphatic rings. The van der Waals surface area contributed by atoms with Crippen LogP contribution in [-0.2, 0) is 0 Å². The fraction of sp³-hybridized carbons (Fsp3) is 0. The molecule has 4 heteroatoms. The number of carbonyl (C=O) groups excluding carboxylic acids is 1. The largest absolute Gasteiger partial charge is 0.506 e. The molecule has 132 valence electrons. The summed E-state index contributed by atoms with van der Waals surface area (Å²) < 4.78 is 0. The van der Waals surface area contributed by atoms with Gasteiger partial charge >= 0.3 is 0 Å². The topological polar surface area (TPSA) is 61.4 Å². The third-order valence-corrected chi connectivity index (χ3v) is 4.37. The fourth-order valence-corrected chi connectivity index (χ4v) is 3.01. The highest BCUT2D eigenvalue weighted by atomic mass is 16.3.